The average Bonchev–Trinajstić information content (AvgIpc) is 3.29. The van der Waals surface area contributed by atoms with E-state index in [2.05, 4.69) is 0 Å². The van der Waals surface area contributed by atoms with Crippen LogP contribution in [0, 0.1) is 30.1 Å². The summed E-state index contributed by atoms with van der Waals surface area (Å²) in [5.41, 5.74) is 1.33. The van der Waals surface area contributed by atoms with Crippen molar-refractivity contribution in [2.24, 2.45) is 11.8 Å². The Hall–Kier alpha value is -2.87. The number of methoxy groups -OCH3 is 1. The average molecular weight is 323 g/mol. The summed E-state index contributed by atoms with van der Waals surface area (Å²) in [6, 6.07) is 10.9. The zero-order valence-electron chi connectivity index (χ0n) is 13.5. The molecular weight excluding hydrogens is 306 g/mol. The maximum Gasteiger partial charge on any atom is 0.191 e. The first-order chi connectivity index (χ1) is 11.6. The number of hydrogen-bond acceptors (Lipinski definition) is 5. The first-order valence-corrected chi connectivity index (χ1v) is 7.72. The fraction of sp³-hybridized carbons (Fsp3) is 0.316. The van der Waals surface area contributed by atoms with E-state index in [-0.39, 0.29) is 17.6 Å². The summed E-state index contributed by atoms with van der Waals surface area (Å²) < 4.78 is 10.2. The minimum absolute atomic E-state index is 0.0671. The van der Waals surface area contributed by atoms with Gasteiger partial charge in [0.25, 0.3) is 0 Å². The molecule has 0 bridgehead atoms. The molecule has 0 amide bonds. The monoisotopic (exact) mass is 323 g/mol. The van der Waals surface area contributed by atoms with E-state index in [0.29, 0.717) is 17.7 Å². The Kier molecular flexibility index (Phi) is 4.22. The summed E-state index contributed by atoms with van der Waals surface area (Å²) in [6.07, 6.45) is 2.06. The SMILES string of the molecule is COc1ccc([C@@H]2C[C@@H]2C(=O)[C@H](C#N)C(=O)c2ccoc2C)cc1. The molecule has 0 radical (unpaired) electrons. The van der Waals surface area contributed by atoms with Crippen LogP contribution in [-0.4, -0.2) is 18.7 Å². The van der Waals surface area contributed by atoms with Gasteiger partial charge in [-0.3, -0.25) is 9.59 Å². The number of ether oxygens (including phenoxy) is 1. The molecule has 2 aromatic rings. The zero-order chi connectivity index (χ0) is 17.3. The molecule has 0 unspecified atom stereocenters. The number of nitrogens with zero attached hydrogens (tertiary/aromatic N) is 1. The molecule has 3 rings (SSSR count). The van der Waals surface area contributed by atoms with Crippen LogP contribution < -0.4 is 4.74 Å². The van der Waals surface area contributed by atoms with Gasteiger partial charge in [-0.25, -0.2) is 0 Å². The second-order valence-electron chi connectivity index (χ2n) is 5.94. The second-order valence-corrected chi connectivity index (χ2v) is 5.94. The van der Waals surface area contributed by atoms with E-state index in [0.717, 1.165) is 11.3 Å². The van der Waals surface area contributed by atoms with Crippen molar-refractivity contribution in [1.82, 2.24) is 0 Å². The lowest BCUT2D eigenvalue weighted by Gasteiger charge is -2.07. The van der Waals surface area contributed by atoms with Gasteiger partial charge in [-0.05, 0) is 43.0 Å². The highest BCUT2D eigenvalue weighted by molar-refractivity contribution is 6.14. The van der Waals surface area contributed by atoms with Gasteiger partial charge in [0.1, 0.15) is 11.5 Å². The topological polar surface area (TPSA) is 80.3 Å². The molecule has 0 saturated heterocycles. The van der Waals surface area contributed by atoms with Crippen molar-refractivity contribution >= 4 is 11.6 Å². The van der Waals surface area contributed by atoms with Gasteiger partial charge in [0.2, 0.25) is 0 Å². The Balaban J connectivity index is 1.73. The van der Waals surface area contributed by atoms with Crippen molar-refractivity contribution in [3.63, 3.8) is 0 Å². The van der Waals surface area contributed by atoms with Crippen molar-refractivity contribution in [3.05, 3.63) is 53.5 Å². The predicted octanol–water partition coefficient (Wildman–Crippen LogP) is 3.29. The molecule has 3 atom stereocenters. The lowest BCUT2D eigenvalue weighted by molar-refractivity contribution is -0.121. The lowest BCUT2D eigenvalue weighted by Crippen LogP contribution is -2.24. The van der Waals surface area contributed by atoms with Gasteiger partial charge in [0.05, 0.1) is 25.0 Å². The number of carbonyl (C=O) groups is 2. The number of aryl methyl sites for hydroxylation is 1. The molecule has 1 aliphatic rings. The summed E-state index contributed by atoms with van der Waals surface area (Å²) in [5, 5.41) is 9.32. The normalized spacial score (nSPS) is 20.0. The minimum Gasteiger partial charge on any atom is -0.497 e. The fourth-order valence-electron chi connectivity index (χ4n) is 2.99. The van der Waals surface area contributed by atoms with Gasteiger partial charge in [0, 0.05) is 5.92 Å². The van der Waals surface area contributed by atoms with Crippen LogP contribution in [0.5, 0.6) is 5.75 Å². The summed E-state index contributed by atoms with van der Waals surface area (Å²) in [7, 11) is 1.60. The van der Waals surface area contributed by atoms with Crippen molar-refractivity contribution in [1.29, 1.82) is 5.26 Å². The van der Waals surface area contributed by atoms with Gasteiger partial charge in [-0.1, -0.05) is 12.1 Å². The Morgan fingerprint density at radius 2 is 2.00 bits per heavy atom. The van der Waals surface area contributed by atoms with E-state index in [4.69, 9.17) is 9.15 Å². The van der Waals surface area contributed by atoms with Crippen LogP contribution in [0.3, 0.4) is 0 Å². The van der Waals surface area contributed by atoms with Crippen LogP contribution >= 0.6 is 0 Å². The molecule has 24 heavy (non-hydrogen) atoms. The number of carbonyl (C=O) groups excluding carboxylic acids is 2. The van der Waals surface area contributed by atoms with E-state index in [1.54, 1.807) is 14.0 Å². The maximum atomic E-state index is 12.6. The molecule has 1 aromatic heterocycles. The third-order valence-electron chi connectivity index (χ3n) is 4.50. The zero-order valence-corrected chi connectivity index (χ0v) is 13.5. The van der Waals surface area contributed by atoms with Crippen molar-refractivity contribution in [2.75, 3.05) is 7.11 Å². The molecule has 1 saturated carbocycles. The van der Waals surface area contributed by atoms with Crippen LogP contribution in [0.1, 0.15) is 34.0 Å². The van der Waals surface area contributed by atoms with Crippen LogP contribution in [0.15, 0.2) is 41.0 Å². The third-order valence-corrected chi connectivity index (χ3v) is 4.50. The van der Waals surface area contributed by atoms with Gasteiger partial charge >= 0.3 is 0 Å². The van der Waals surface area contributed by atoms with E-state index in [9.17, 15) is 14.9 Å². The summed E-state index contributed by atoms with van der Waals surface area (Å²) in [4.78, 5) is 25.0. The highest BCUT2D eigenvalue weighted by Gasteiger charge is 2.48. The number of nitriles is 1. The summed E-state index contributed by atoms with van der Waals surface area (Å²) >= 11 is 0. The third kappa shape index (κ3) is 2.83. The van der Waals surface area contributed by atoms with Gasteiger partial charge < -0.3 is 9.15 Å². The van der Waals surface area contributed by atoms with E-state index < -0.39 is 11.7 Å². The Bertz CT molecular complexity index is 813. The molecule has 0 aliphatic heterocycles. The highest BCUT2D eigenvalue weighted by atomic mass is 16.5. The summed E-state index contributed by atoms with van der Waals surface area (Å²) in [6.45, 7) is 1.64. The van der Waals surface area contributed by atoms with Crippen molar-refractivity contribution in [2.45, 2.75) is 19.3 Å². The number of furan rings is 1. The highest BCUT2D eigenvalue weighted by Crippen LogP contribution is 2.49. The maximum absolute atomic E-state index is 12.6. The Morgan fingerprint density at radius 1 is 1.29 bits per heavy atom. The largest absolute Gasteiger partial charge is 0.497 e. The molecule has 1 aromatic carbocycles. The molecule has 5 nitrogen and oxygen atoms in total. The van der Waals surface area contributed by atoms with E-state index in [1.807, 2.05) is 30.3 Å². The molecule has 122 valence electrons. The molecule has 0 spiro atoms. The second kappa shape index (κ2) is 6.32. The number of ketones is 2. The molecule has 1 aliphatic carbocycles. The minimum atomic E-state index is -1.27. The molecule has 1 heterocycles. The Morgan fingerprint density at radius 3 is 2.54 bits per heavy atom. The van der Waals surface area contributed by atoms with Crippen LogP contribution in [-0.2, 0) is 4.79 Å². The smallest absolute Gasteiger partial charge is 0.191 e. The molecule has 5 heteroatoms. The van der Waals surface area contributed by atoms with E-state index in [1.165, 1.54) is 12.3 Å². The molecule has 1 fully saturated rings. The number of benzene rings is 1. The van der Waals surface area contributed by atoms with Gasteiger partial charge in [-0.15, -0.1) is 0 Å². The van der Waals surface area contributed by atoms with Crippen LogP contribution in [0.25, 0.3) is 0 Å². The molecule has 0 N–H and O–H groups in total. The van der Waals surface area contributed by atoms with Gasteiger partial charge in [-0.2, -0.15) is 5.26 Å². The molecular formula is C19H17NO4. The first-order valence-electron chi connectivity index (χ1n) is 7.72. The lowest BCUT2D eigenvalue weighted by atomic mass is 9.91. The quantitative estimate of drug-likeness (QED) is 0.602. The predicted molar refractivity (Wildman–Crippen MR) is 85.7 cm³/mol. The van der Waals surface area contributed by atoms with Crippen molar-refractivity contribution < 1.29 is 18.7 Å². The van der Waals surface area contributed by atoms with Crippen LogP contribution in [0.2, 0.25) is 0 Å². The van der Waals surface area contributed by atoms with Gasteiger partial charge in [0.15, 0.2) is 17.5 Å². The standard InChI is InChI=1S/C19H17NO4/c1-11-14(7-8-24-11)18(21)17(10-20)19(22)16-9-15(16)12-3-5-13(23-2)6-4-12/h3-8,15-17H,9H2,1-2H3/t15-,16-,17+/m0/s1. The number of hydrogen-bond donors (Lipinski definition) is 0. The first kappa shape index (κ1) is 16.0. The van der Waals surface area contributed by atoms with Crippen molar-refractivity contribution in [3.8, 4) is 11.8 Å². The van der Waals surface area contributed by atoms with E-state index >= 15 is 0 Å². The van der Waals surface area contributed by atoms with Crippen LogP contribution in [0.4, 0.5) is 0 Å². The fourth-order valence-corrected chi connectivity index (χ4v) is 2.99. The number of rotatable bonds is 6. The number of Topliss-reactive ketones (excluding diaryl/α,β-unsaturated/α-hetero) is 2. The summed E-state index contributed by atoms with van der Waals surface area (Å²) in [5.74, 6) is -1.08. The Labute approximate surface area is 139 Å².